The number of sulfone groups is 1. The van der Waals surface area contributed by atoms with Crippen molar-refractivity contribution in [3.05, 3.63) is 65.2 Å². The molecule has 162 valence electrons. The molecule has 3 N–H and O–H groups in total. The van der Waals surface area contributed by atoms with E-state index in [0.717, 1.165) is 11.1 Å². The molecule has 30 heavy (non-hydrogen) atoms. The SMILES string of the molecule is CCNC(=NCc1ccc(S(C)(=O)=O)c(C)c1)NCCC(=O)NCc1ccccc1. The van der Waals surface area contributed by atoms with Gasteiger partial charge in [0.2, 0.25) is 5.91 Å². The van der Waals surface area contributed by atoms with Gasteiger partial charge in [0.05, 0.1) is 11.4 Å². The number of rotatable bonds is 9. The lowest BCUT2D eigenvalue weighted by atomic mass is 10.1. The van der Waals surface area contributed by atoms with Gasteiger partial charge in [-0.3, -0.25) is 4.79 Å². The molecule has 1 amide bonds. The Morgan fingerprint density at radius 3 is 2.37 bits per heavy atom. The second-order valence-electron chi connectivity index (χ2n) is 7.01. The lowest BCUT2D eigenvalue weighted by molar-refractivity contribution is -0.121. The van der Waals surface area contributed by atoms with Crippen LogP contribution in [-0.2, 0) is 27.7 Å². The number of carbonyl (C=O) groups is 1. The molecule has 0 aliphatic rings. The zero-order chi connectivity index (χ0) is 22.0. The molecule has 8 heteroatoms. The maximum atomic E-state index is 12.0. The summed E-state index contributed by atoms with van der Waals surface area (Å²) >= 11 is 0. The lowest BCUT2D eigenvalue weighted by Gasteiger charge is -2.12. The first-order valence-electron chi connectivity index (χ1n) is 9.92. The van der Waals surface area contributed by atoms with Crippen molar-refractivity contribution < 1.29 is 13.2 Å². The van der Waals surface area contributed by atoms with Crippen LogP contribution in [0.1, 0.15) is 30.0 Å². The van der Waals surface area contributed by atoms with Crippen molar-refractivity contribution in [1.29, 1.82) is 0 Å². The molecule has 0 saturated carbocycles. The Morgan fingerprint density at radius 1 is 1.00 bits per heavy atom. The number of nitrogens with zero attached hydrogens (tertiary/aromatic N) is 1. The number of aliphatic imine (C=N–C) groups is 1. The Balaban J connectivity index is 1.85. The highest BCUT2D eigenvalue weighted by molar-refractivity contribution is 7.90. The average molecular weight is 431 g/mol. The van der Waals surface area contributed by atoms with E-state index in [1.165, 1.54) is 6.26 Å². The van der Waals surface area contributed by atoms with Crippen molar-refractivity contribution in [2.75, 3.05) is 19.3 Å². The van der Waals surface area contributed by atoms with E-state index in [1.807, 2.05) is 43.3 Å². The molecule has 0 aliphatic heterocycles. The van der Waals surface area contributed by atoms with Gasteiger partial charge in [0.25, 0.3) is 0 Å². The molecule has 2 aromatic carbocycles. The molecule has 2 rings (SSSR count). The second kappa shape index (κ2) is 11.3. The Bertz CT molecular complexity index is 973. The van der Waals surface area contributed by atoms with E-state index >= 15 is 0 Å². The fraction of sp³-hybridized carbons (Fsp3) is 0.364. The summed E-state index contributed by atoms with van der Waals surface area (Å²) < 4.78 is 23.5. The number of carbonyl (C=O) groups excluding carboxylic acids is 1. The zero-order valence-electron chi connectivity index (χ0n) is 17.7. The first kappa shape index (κ1) is 23.4. The quantitative estimate of drug-likeness (QED) is 0.418. The molecular weight excluding hydrogens is 400 g/mol. The Labute approximate surface area is 178 Å². The minimum Gasteiger partial charge on any atom is -0.357 e. The summed E-state index contributed by atoms with van der Waals surface area (Å²) in [6.07, 6.45) is 1.54. The first-order chi connectivity index (χ1) is 14.3. The molecule has 0 aliphatic carbocycles. The number of aryl methyl sites for hydroxylation is 1. The van der Waals surface area contributed by atoms with Gasteiger partial charge in [-0.05, 0) is 36.6 Å². The fourth-order valence-corrected chi connectivity index (χ4v) is 3.88. The van der Waals surface area contributed by atoms with Gasteiger partial charge >= 0.3 is 0 Å². The topological polar surface area (TPSA) is 99.7 Å². The van der Waals surface area contributed by atoms with E-state index in [0.29, 0.717) is 49.0 Å². The van der Waals surface area contributed by atoms with Crippen LogP contribution in [0, 0.1) is 6.92 Å². The van der Waals surface area contributed by atoms with E-state index in [9.17, 15) is 13.2 Å². The maximum absolute atomic E-state index is 12.0. The number of guanidine groups is 1. The van der Waals surface area contributed by atoms with E-state index in [2.05, 4.69) is 20.9 Å². The maximum Gasteiger partial charge on any atom is 0.222 e. The van der Waals surface area contributed by atoms with Gasteiger partial charge in [0, 0.05) is 32.3 Å². The normalized spacial score (nSPS) is 11.8. The molecular formula is C22H30N4O3S. The van der Waals surface area contributed by atoms with Crippen LogP contribution in [-0.4, -0.2) is 39.6 Å². The third-order valence-electron chi connectivity index (χ3n) is 4.38. The molecule has 0 aromatic heterocycles. The minimum atomic E-state index is -3.23. The largest absolute Gasteiger partial charge is 0.357 e. The van der Waals surface area contributed by atoms with Gasteiger partial charge in [0.15, 0.2) is 15.8 Å². The van der Waals surface area contributed by atoms with Crippen LogP contribution in [0.3, 0.4) is 0 Å². The van der Waals surface area contributed by atoms with Gasteiger partial charge in [-0.1, -0.05) is 42.5 Å². The van der Waals surface area contributed by atoms with E-state index in [4.69, 9.17) is 0 Å². The summed E-state index contributed by atoms with van der Waals surface area (Å²) in [6.45, 7) is 5.81. The van der Waals surface area contributed by atoms with Crippen molar-refractivity contribution >= 4 is 21.7 Å². The fourth-order valence-electron chi connectivity index (χ4n) is 2.92. The van der Waals surface area contributed by atoms with Crippen LogP contribution in [0.2, 0.25) is 0 Å². The van der Waals surface area contributed by atoms with Gasteiger partial charge in [0.1, 0.15) is 0 Å². The van der Waals surface area contributed by atoms with Gasteiger partial charge in [-0.2, -0.15) is 0 Å². The molecule has 0 saturated heterocycles. The van der Waals surface area contributed by atoms with Crippen molar-refractivity contribution in [2.24, 2.45) is 4.99 Å². The number of nitrogens with one attached hydrogen (secondary N) is 3. The van der Waals surface area contributed by atoms with Crippen molar-refractivity contribution in [3.8, 4) is 0 Å². The van der Waals surface area contributed by atoms with E-state index in [-0.39, 0.29) is 5.91 Å². The van der Waals surface area contributed by atoms with Crippen LogP contribution < -0.4 is 16.0 Å². The number of benzene rings is 2. The number of hydrogen-bond acceptors (Lipinski definition) is 4. The molecule has 0 radical (unpaired) electrons. The van der Waals surface area contributed by atoms with Crippen LogP contribution in [0.5, 0.6) is 0 Å². The molecule has 0 atom stereocenters. The van der Waals surface area contributed by atoms with Crippen LogP contribution >= 0.6 is 0 Å². The Morgan fingerprint density at radius 2 is 1.73 bits per heavy atom. The summed E-state index contributed by atoms with van der Waals surface area (Å²) in [4.78, 5) is 16.9. The Kier molecular flexibility index (Phi) is 8.86. The molecule has 0 heterocycles. The van der Waals surface area contributed by atoms with Crippen molar-refractivity contribution in [3.63, 3.8) is 0 Å². The summed E-state index contributed by atoms with van der Waals surface area (Å²) in [6, 6.07) is 15.0. The molecule has 0 fully saturated rings. The van der Waals surface area contributed by atoms with Crippen LogP contribution in [0.15, 0.2) is 58.4 Å². The summed E-state index contributed by atoms with van der Waals surface area (Å²) in [5.74, 6) is 0.576. The molecule has 0 bridgehead atoms. The van der Waals surface area contributed by atoms with E-state index < -0.39 is 9.84 Å². The molecule has 7 nitrogen and oxygen atoms in total. The van der Waals surface area contributed by atoms with Crippen molar-refractivity contribution in [2.45, 2.75) is 38.3 Å². The standard InChI is InChI=1S/C22H30N4O3S/c1-4-23-22(24-13-12-21(27)25-15-18-8-6-5-7-9-18)26-16-19-10-11-20(17(2)14-19)30(3,28)29/h5-11,14H,4,12-13,15-16H2,1-3H3,(H,25,27)(H2,23,24,26). The molecule has 0 spiro atoms. The average Bonchev–Trinajstić information content (AvgIpc) is 2.70. The smallest absolute Gasteiger partial charge is 0.222 e. The minimum absolute atomic E-state index is 0.0332. The Hall–Kier alpha value is -2.87. The summed E-state index contributed by atoms with van der Waals surface area (Å²) in [5.41, 5.74) is 2.68. The predicted octanol–water partition coefficient (Wildman–Crippen LogP) is 2.16. The van der Waals surface area contributed by atoms with Crippen molar-refractivity contribution in [1.82, 2.24) is 16.0 Å². The van der Waals surface area contributed by atoms with Gasteiger partial charge < -0.3 is 16.0 Å². The third-order valence-corrected chi connectivity index (χ3v) is 5.64. The van der Waals surface area contributed by atoms with Gasteiger partial charge in [-0.25, -0.2) is 13.4 Å². The van der Waals surface area contributed by atoms with Gasteiger partial charge in [-0.15, -0.1) is 0 Å². The third kappa shape index (κ3) is 7.87. The highest BCUT2D eigenvalue weighted by Crippen LogP contribution is 2.17. The second-order valence-corrected chi connectivity index (χ2v) is 8.99. The highest BCUT2D eigenvalue weighted by atomic mass is 32.2. The number of amides is 1. The molecule has 0 unspecified atom stereocenters. The first-order valence-corrected chi connectivity index (χ1v) is 11.8. The van der Waals surface area contributed by atoms with E-state index in [1.54, 1.807) is 19.1 Å². The summed E-state index contributed by atoms with van der Waals surface area (Å²) in [5, 5.41) is 9.20. The monoisotopic (exact) mass is 430 g/mol. The molecule has 2 aromatic rings. The zero-order valence-corrected chi connectivity index (χ0v) is 18.6. The number of hydrogen-bond donors (Lipinski definition) is 3. The lowest BCUT2D eigenvalue weighted by Crippen LogP contribution is -2.39. The summed E-state index contributed by atoms with van der Waals surface area (Å²) in [7, 11) is -3.23. The predicted molar refractivity (Wildman–Crippen MR) is 120 cm³/mol. The van der Waals surface area contributed by atoms with Crippen LogP contribution in [0.4, 0.5) is 0 Å². The van der Waals surface area contributed by atoms with Crippen LogP contribution in [0.25, 0.3) is 0 Å². The highest BCUT2D eigenvalue weighted by Gasteiger charge is 2.10.